The standard InChI is InChI=1S/C14H11BrINO2/c1-19-12-6-9(14(18)13(15)7-12)8-17-11-4-2-10(16)3-5-11/h2-8,18H,1H3. The highest BCUT2D eigenvalue weighted by Crippen LogP contribution is 2.31. The Labute approximate surface area is 133 Å². The van der Waals surface area contributed by atoms with Gasteiger partial charge in [-0.25, -0.2) is 0 Å². The van der Waals surface area contributed by atoms with Gasteiger partial charge in [0.15, 0.2) is 0 Å². The molecule has 0 bridgehead atoms. The molecule has 19 heavy (non-hydrogen) atoms. The lowest BCUT2D eigenvalue weighted by molar-refractivity contribution is 0.411. The van der Waals surface area contributed by atoms with E-state index >= 15 is 0 Å². The Kier molecular flexibility index (Phi) is 4.81. The van der Waals surface area contributed by atoms with Gasteiger partial charge in [-0.15, -0.1) is 0 Å². The molecule has 0 aromatic heterocycles. The van der Waals surface area contributed by atoms with Gasteiger partial charge in [-0.3, -0.25) is 4.99 Å². The normalized spacial score (nSPS) is 10.9. The number of ether oxygens (including phenoxy) is 1. The molecule has 0 fully saturated rings. The first-order valence-electron chi connectivity index (χ1n) is 5.46. The molecule has 0 radical (unpaired) electrons. The lowest BCUT2D eigenvalue weighted by Crippen LogP contribution is -1.88. The smallest absolute Gasteiger partial charge is 0.138 e. The van der Waals surface area contributed by atoms with Crippen LogP contribution in [0.4, 0.5) is 5.69 Å². The van der Waals surface area contributed by atoms with Gasteiger partial charge in [0.25, 0.3) is 0 Å². The van der Waals surface area contributed by atoms with Crippen molar-refractivity contribution in [2.45, 2.75) is 0 Å². The molecule has 0 unspecified atom stereocenters. The SMILES string of the molecule is COc1cc(Br)c(O)c(C=Nc2ccc(I)cc2)c1. The number of halogens is 2. The van der Waals surface area contributed by atoms with Crippen molar-refractivity contribution >= 4 is 50.4 Å². The fourth-order valence-electron chi connectivity index (χ4n) is 1.48. The summed E-state index contributed by atoms with van der Waals surface area (Å²) in [5, 5.41) is 9.94. The first-order valence-corrected chi connectivity index (χ1v) is 7.33. The molecular formula is C14H11BrINO2. The van der Waals surface area contributed by atoms with E-state index in [0.29, 0.717) is 15.8 Å². The molecule has 0 saturated heterocycles. The summed E-state index contributed by atoms with van der Waals surface area (Å²) in [5.74, 6) is 0.809. The maximum Gasteiger partial charge on any atom is 0.138 e. The van der Waals surface area contributed by atoms with Gasteiger partial charge in [0.1, 0.15) is 11.5 Å². The molecule has 0 saturated carbocycles. The monoisotopic (exact) mass is 431 g/mol. The van der Waals surface area contributed by atoms with Gasteiger partial charge in [0.2, 0.25) is 0 Å². The van der Waals surface area contributed by atoms with Gasteiger partial charge in [-0.2, -0.15) is 0 Å². The highest BCUT2D eigenvalue weighted by Gasteiger charge is 2.06. The molecule has 2 aromatic carbocycles. The summed E-state index contributed by atoms with van der Waals surface area (Å²) in [6.07, 6.45) is 1.62. The number of benzene rings is 2. The lowest BCUT2D eigenvalue weighted by Gasteiger charge is -2.05. The third-order valence-electron chi connectivity index (χ3n) is 2.48. The van der Waals surface area contributed by atoms with E-state index in [0.717, 1.165) is 9.26 Å². The number of nitrogens with zero attached hydrogens (tertiary/aromatic N) is 1. The number of methoxy groups -OCH3 is 1. The molecule has 1 N–H and O–H groups in total. The Balaban J connectivity index is 2.32. The average Bonchev–Trinajstić information content (AvgIpc) is 2.42. The van der Waals surface area contributed by atoms with Crippen LogP contribution in [0.5, 0.6) is 11.5 Å². The molecule has 0 spiro atoms. The zero-order chi connectivity index (χ0) is 13.8. The van der Waals surface area contributed by atoms with Crippen LogP contribution in [0.3, 0.4) is 0 Å². The van der Waals surface area contributed by atoms with Crippen LogP contribution < -0.4 is 4.74 Å². The number of rotatable bonds is 3. The van der Waals surface area contributed by atoms with Crippen LogP contribution in [0.15, 0.2) is 45.9 Å². The number of aliphatic imine (C=N–C) groups is 1. The summed E-state index contributed by atoms with van der Waals surface area (Å²) in [6.45, 7) is 0. The number of phenolic OH excluding ortho intramolecular Hbond substituents is 1. The fraction of sp³-hybridized carbons (Fsp3) is 0.0714. The number of aromatic hydroxyl groups is 1. The van der Waals surface area contributed by atoms with Crippen molar-refractivity contribution in [3.8, 4) is 11.5 Å². The molecule has 0 amide bonds. The molecule has 0 aliphatic rings. The van der Waals surface area contributed by atoms with E-state index in [2.05, 4.69) is 43.5 Å². The van der Waals surface area contributed by atoms with Gasteiger partial charge in [-0.1, -0.05) is 0 Å². The van der Waals surface area contributed by atoms with E-state index < -0.39 is 0 Å². The van der Waals surface area contributed by atoms with Crippen molar-refractivity contribution in [3.05, 3.63) is 50.0 Å². The van der Waals surface area contributed by atoms with Crippen LogP contribution >= 0.6 is 38.5 Å². The summed E-state index contributed by atoms with van der Waals surface area (Å²) < 4.78 is 6.89. The molecule has 5 heteroatoms. The Morgan fingerprint density at radius 2 is 1.95 bits per heavy atom. The van der Waals surface area contributed by atoms with Crippen LogP contribution in [0, 0.1) is 3.57 Å². The van der Waals surface area contributed by atoms with Crippen molar-refractivity contribution in [1.29, 1.82) is 0 Å². The van der Waals surface area contributed by atoms with Crippen LogP contribution in [0.2, 0.25) is 0 Å². The van der Waals surface area contributed by atoms with E-state index in [1.807, 2.05) is 24.3 Å². The first-order chi connectivity index (χ1) is 9.10. The second kappa shape index (κ2) is 6.38. The molecule has 0 atom stereocenters. The Morgan fingerprint density at radius 3 is 2.58 bits per heavy atom. The van der Waals surface area contributed by atoms with Gasteiger partial charge in [-0.05, 0) is 74.9 Å². The minimum absolute atomic E-state index is 0.148. The van der Waals surface area contributed by atoms with Crippen molar-refractivity contribution in [2.75, 3.05) is 7.11 Å². The van der Waals surface area contributed by atoms with Crippen LogP contribution in [0.25, 0.3) is 0 Å². The van der Waals surface area contributed by atoms with Gasteiger partial charge < -0.3 is 9.84 Å². The Morgan fingerprint density at radius 1 is 1.26 bits per heavy atom. The van der Waals surface area contributed by atoms with E-state index in [1.165, 1.54) is 0 Å². The summed E-state index contributed by atoms with van der Waals surface area (Å²) in [4.78, 5) is 4.33. The first kappa shape index (κ1) is 14.3. The van der Waals surface area contributed by atoms with E-state index in [9.17, 15) is 5.11 Å². The minimum Gasteiger partial charge on any atom is -0.506 e. The topological polar surface area (TPSA) is 41.8 Å². The van der Waals surface area contributed by atoms with Crippen LogP contribution in [-0.4, -0.2) is 18.4 Å². The van der Waals surface area contributed by atoms with Crippen molar-refractivity contribution < 1.29 is 9.84 Å². The highest BCUT2D eigenvalue weighted by atomic mass is 127. The maximum atomic E-state index is 9.94. The van der Waals surface area contributed by atoms with Gasteiger partial charge >= 0.3 is 0 Å². The van der Waals surface area contributed by atoms with Crippen LogP contribution in [-0.2, 0) is 0 Å². The Hall–Kier alpha value is -1.08. The highest BCUT2D eigenvalue weighted by molar-refractivity contribution is 14.1. The predicted molar refractivity (Wildman–Crippen MR) is 88.8 cm³/mol. The molecule has 98 valence electrons. The average molecular weight is 432 g/mol. The summed E-state index contributed by atoms with van der Waals surface area (Å²) >= 11 is 5.52. The fourth-order valence-corrected chi connectivity index (χ4v) is 2.30. The van der Waals surface area contributed by atoms with Crippen molar-refractivity contribution in [3.63, 3.8) is 0 Å². The lowest BCUT2D eigenvalue weighted by atomic mass is 10.2. The molecule has 3 nitrogen and oxygen atoms in total. The zero-order valence-corrected chi connectivity index (χ0v) is 13.8. The van der Waals surface area contributed by atoms with E-state index in [-0.39, 0.29) is 5.75 Å². The number of hydrogen-bond donors (Lipinski definition) is 1. The minimum atomic E-state index is 0.148. The molecule has 2 aromatic rings. The molecule has 0 aliphatic carbocycles. The number of phenols is 1. The van der Waals surface area contributed by atoms with Gasteiger partial charge in [0.05, 0.1) is 17.3 Å². The molecule has 0 aliphatic heterocycles. The third kappa shape index (κ3) is 3.70. The predicted octanol–water partition coefficient (Wildman–Crippen LogP) is 4.52. The quantitative estimate of drug-likeness (QED) is 0.573. The summed E-state index contributed by atoms with van der Waals surface area (Å²) in [7, 11) is 1.58. The Bertz CT molecular complexity index is 612. The van der Waals surface area contributed by atoms with E-state index in [4.69, 9.17) is 4.74 Å². The van der Waals surface area contributed by atoms with Crippen molar-refractivity contribution in [1.82, 2.24) is 0 Å². The zero-order valence-electron chi connectivity index (χ0n) is 10.1. The number of hydrogen-bond acceptors (Lipinski definition) is 3. The molecule has 2 rings (SSSR count). The van der Waals surface area contributed by atoms with Gasteiger partial charge in [0, 0.05) is 15.3 Å². The van der Waals surface area contributed by atoms with Crippen LogP contribution in [0.1, 0.15) is 5.56 Å². The molecular weight excluding hydrogens is 421 g/mol. The second-order valence-electron chi connectivity index (χ2n) is 3.78. The second-order valence-corrected chi connectivity index (χ2v) is 5.88. The van der Waals surface area contributed by atoms with E-state index in [1.54, 1.807) is 25.5 Å². The van der Waals surface area contributed by atoms with Crippen molar-refractivity contribution in [2.24, 2.45) is 4.99 Å². The summed E-state index contributed by atoms with van der Waals surface area (Å²) in [5.41, 5.74) is 1.43. The third-order valence-corrected chi connectivity index (χ3v) is 3.81. The summed E-state index contributed by atoms with van der Waals surface area (Å²) in [6, 6.07) is 11.2. The maximum absolute atomic E-state index is 9.94. The largest absolute Gasteiger partial charge is 0.506 e. The molecule has 0 heterocycles.